The molecular weight excluding hydrogens is 258 g/mol. The van der Waals surface area contributed by atoms with E-state index in [1.807, 2.05) is 0 Å². The maximum absolute atomic E-state index is 4.93. The highest BCUT2D eigenvalue weighted by Crippen LogP contribution is 2.45. The number of fused-ring (bicyclic) bond motifs is 2. The zero-order valence-corrected chi connectivity index (χ0v) is 12.7. The first-order valence-corrected chi connectivity index (χ1v) is 7.96. The summed E-state index contributed by atoms with van der Waals surface area (Å²) in [4.78, 5) is 12.3. The summed E-state index contributed by atoms with van der Waals surface area (Å²) in [5.41, 5.74) is 4.94. The minimum atomic E-state index is 0.369. The van der Waals surface area contributed by atoms with E-state index in [-0.39, 0.29) is 0 Å². The molecule has 4 heterocycles. The molecule has 3 aliphatic heterocycles. The Labute approximate surface area is 126 Å². The van der Waals surface area contributed by atoms with Gasteiger partial charge in [0.05, 0.1) is 17.1 Å². The van der Waals surface area contributed by atoms with E-state index >= 15 is 0 Å². The Morgan fingerprint density at radius 3 is 2.43 bits per heavy atom. The van der Waals surface area contributed by atoms with Crippen molar-refractivity contribution in [2.75, 3.05) is 18.0 Å². The van der Waals surface area contributed by atoms with Gasteiger partial charge in [-0.2, -0.15) is 0 Å². The highest BCUT2D eigenvalue weighted by atomic mass is 15.2. The van der Waals surface area contributed by atoms with Crippen LogP contribution in [0.5, 0.6) is 0 Å². The Bertz CT molecular complexity index is 656. The molecule has 2 aromatic rings. The summed E-state index contributed by atoms with van der Waals surface area (Å²) in [6, 6.07) is 10.6. The van der Waals surface area contributed by atoms with Gasteiger partial charge in [0.2, 0.25) is 0 Å². The summed E-state index contributed by atoms with van der Waals surface area (Å²) in [5.74, 6) is 1.99. The van der Waals surface area contributed by atoms with Crippen LogP contribution in [-0.4, -0.2) is 23.1 Å². The molecule has 0 unspecified atom stereocenters. The van der Waals surface area contributed by atoms with Crippen molar-refractivity contribution in [1.82, 2.24) is 9.97 Å². The fourth-order valence-electron chi connectivity index (χ4n) is 3.52. The third-order valence-electron chi connectivity index (χ3n) is 4.69. The van der Waals surface area contributed by atoms with Gasteiger partial charge in [0.15, 0.2) is 0 Å². The van der Waals surface area contributed by atoms with E-state index in [1.165, 1.54) is 29.8 Å². The molecule has 21 heavy (non-hydrogen) atoms. The maximum atomic E-state index is 4.93. The molecule has 0 N–H and O–H groups in total. The summed E-state index contributed by atoms with van der Waals surface area (Å²) >= 11 is 0. The van der Waals surface area contributed by atoms with E-state index < -0.39 is 0 Å². The molecule has 5 rings (SSSR count). The van der Waals surface area contributed by atoms with Gasteiger partial charge in [-0.15, -0.1) is 0 Å². The van der Waals surface area contributed by atoms with Crippen LogP contribution in [0, 0.1) is 0 Å². The van der Waals surface area contributed by atoms with Crippen LogP contribution < -0.4 is 4.90 Å². The average Bonchev–Trinajstić information content (AvgIpc) is 2.55. The molecule has 1 aromatic heterocycles. The van der Waals surface area contributed by atoms with Gasteiger partial charge in [-0.05, 0) is 12.8 Å². The third kappa shape index (κ3) is 2.03. The summed E-state index contributed by atoms with van der Waals surface area (Å²) < 4.78 is 0. The quantitative estimate of drug-likeness (QED) is 0.833. The molecule has 3 aliphatic rings. The Morgan fingerprint density at radius 1 is 1.05 bits per heavy atom. The van der Waals surface area contributed by atoms with E-state index in [2.05, 4.69) is 49.1 Å². The molecule has 1 aromatic carbocycles. The second-order valence-corrected chi connectivity index (χ2v) is 6.45. The van der Waals surface area contributed by atoms with Gasteiger partial charge >= 0.3 is 0 Å². The van der Waals surface area contributed by atoms with Crippen LogP contribution in [0.2, 0.25) is 0 Å². The molecule has 0 amide bonds. The molecule has 0 spiro atoms. The molecule has 1 fully saturated rings. The van der Waals surface area contributed by atoms with Crippen molar-refractivity contribution in [1.29, 1.82) is 0 Å². The molecule has 0 atom stereocenters. The number of hydrogen-bond acceptors (Lipinski definition) is 3. The van der Waals surface area contributed by atoms with Gasteiger partial charge in [0.25, 0.3) is 0 Å². The van der Waals surface area contributed by atoms with Crippen molar-refractivity contribution in [3.63, 3.8) is 0 Å². The Balaban J connectivity index is 1.97. The largest absolute Gasteiger partial charge is 0.368 e. The van der Waals surface area contributed by atoms with Crippen LogP contribution in [0.3, 0.4) is 0 Å². The maximum Gasteiger partial charge on any atom is 0.132 e. The molecule has 0 saturated carbocycles. The van der Waals surface area contributed by atoms with Crippen LogP contribution in [0.15, 0.2) is 30.3 Å². The predicted molar refractivity (Wildman–Crippen MR) is 85.7 cm³/mol. The van der Waals surface area contributed by atoms with Crippen LogP contribution in [0.1, 0.15) is 50.0 Å². The average molecular weight is 279 g/mol. The van der Waals surface area contributed by atoms with Crippen LogP contribution in [0.25, 0.3) is 11.3 Å². The molecule has 108 valence electrons. The number of nitrogens with zero attached hydrogens (tertiary/aromatic N) is 3. The normalized spacial score (nSPS) is 17.4. The van der Waals surface area contributed by atoms with Crippen LogP contribution in [0.4, 0.5) is 5.69 Å². The first-order chi connectivity index (χ1) is 10.2. The second kappa shape index (κ2) is 4.83. The lowest BCUT2D eigenvalue weighted by molar-refractivity contribution is 0.459. The van der Waals surface area contributed by atoms with E-state index in [9.17, 15) is 0 Å². The van der Waals surface area contributed by atoms with Crippen LogP contribution in [-0.2, 0) is 0 Å². The first-order valence-electron chi connectivity index (χ1n) is 7.96. The standard InChI is InChI=1S/C18H21N3/c1-12(2)18-19-15(13-6-4-3-5-7-13)17-16(20-18)14-8-10-21(17)11-9-14/h3-7,12,14H,8-11H2,1-2H3. The number of rotatable bonds is 2. The van der Waals surface area contributed by atoms with Gasteiger partial charge in [0, 0.05) is 30.5 Å². The third-order valence-corrected chi connectivity index (χ3v) is 4.69. The van der Waals surface area contributed by atoms with Crippen molar-refractivity contribution in [2.24, 2.45) is 0 Å². The van der Waals surface area contributed by atoms with Crippen molar-refractivity contribution < 1.29 is 0 Å². The lowest BCUT2D eigenvalue weighted by atomic mass is 9.85. The highest BCUT2D eigenvalue weighted by molar-refractivity contribution is 5.78. The number of aromatic nitrogens is 2. The SMILES string of the molecule is CC(C)c1nc(-c2ccccc2)c2c(n1)C1CCN2CC1. The van der Waals surface area contributed by atoms with Gasteiger partial charge < -0.3 is 4.90 Å². The number of hydrogen-bond donors (Lipinski definition) is 0. The lowest BCUT2D eigenvalue weighted by Gasteiger charge is -2.42. The van der Waals surface area contributed by atoms with Crippen molar-refractivity contribution in [2.45, 2.75) is 38.5 Å². The van der Waals surface area contributed by atoms with Crippen LogP contribution >= 0.6 is 0 Å². The van der Waals surface area contributed by atoms with E-state index in [4.69, 9.17) is 9.97 Å². The molecule has 3 nitrogen and oxygen atoms in total. The highest BCUT2D eigenvalue weighted by Gasteiger charge is 2.35. The summed E-state index contributed by atoms with van der Waals surface area (Å²) in [7, 11) is 0. The van der Waals surface area contributed by atoms with Crippen molar-refractivity contribution in [3.05, 3.63) is 41.9 Å². The number of anilines is 1. The smallest absolute Gasteiger partial charge is 0.132 e. The van der Waals surface area contributed by atoms with Crippen molar-refractivity contribution >= 4 is 5.69 Å². The molecule has 3 heteroatoms. The van der Waals surface area contributed by atoms with Gasteiger partial charge in [0.1, 0.15) is 5.82 Å². The molecule has 1 saturated heterocycles. The van der Waals surface area contributed by atoms with Gasteiger partial charge in [-0.1, -0.05) is 44.2 Å². The second-order valence-electron chi connectivity index (χ2n) is 6.45. The zero-order valence-electron chi connectivity index (χ0n) is 12.7. The van der Waals surface area contributed by atoms with E-state index in [0.29, 0.717) is 11.8 Å². The zero-order chi connectivity index (χ0) is 14.4. The van der Waals surface area contributed by atoms with E-state index in [0.717, 1.165) is 24.6 Å². The Hall–Kier alpha value is -1.90. The lowest BCUT2D eigenvalue weighted by Crippen LogP contribution is -2.40. The monoisotopic (exact) mass is 279 g/mol. The molecule has 2 bridgehead atoms. The summed E-state index contributed by atoms with van der Waals surface area (Å²) in [5, 5.41) is 0. The number of benzene rings is 1. The molecular formula is C18H21N3. The summed E-state index contributed by atoms with van der Waals surface area (Å²) in [6.45, 7) is 6.67. The molecule has 0 aliphatic carbocycles. The predicted octanol–water partition coefficient (Wildman–Crippen LogP) is 3.96. The fraction of sp³-hybridized carbons (Fsp3) is 0.444. The van der Waals surface area contributed by atoms with Crippen molar-refractivity contribution in [3.8, 4) is 11.3 Å². The summed E-state index contributed by atoms with van der Waals surface area (Å²) in [6.07, 6.45) is 2.49. The fourth-order valence-corrected chi connectivity index (χ4v) is 3.52. The minimum Gasteiger partial charge on any atom is -0.368 e. The Morgan fingerprint density at radius 2 is 1.76 bits per heavy atom. The topological polar surface area (TPSA) is 29.0 Å². The number of piperidine rings is 1. The Kier molecular flexibility index (Phi) is 2.95. The molecule has 0 radical (unpaired) electrons. The van der Waals surface area contributed by atoms with Gasteiger partial charge in [-0.3, -0.25) is 0 Å². The van der Waals surface area contributed by atoms with E-state index in [1.54, 1.807) is 0 Å². The first kappa shape index (κ1) is 12.8. The van der Waals surface area contributed by atoms with Gasteiger partial charge in [-0.25, -0.2) is 9.97 Å². The minimum absolute atomic E-state index is 0.369.